The van der Waals surface area contributed by atoms with Crippen LogP contribution in [0, 0.1) is 0 Å². The average molecular weight is 383 g/mol. The lowest BCUT2D eigenvalue weighted by molar-refractivity contribution is -0.193. The molecule has 0 radical (unpaired) electrons. The van der Waals surface area contributed by atoms with Crippen LogP contribution >= 0.6 is 0 Å². The van der Waals surface area contributed by atoms with Gasteiger partial charge in [-0.25, -0.2) is 0 Å². The Morgan fingerprint density at radius 1 is 1.23 bits per heavy atom. The van der Waals surface area contributed by atoms with Crippen LogP contribution in [0.15, 0.2) is 24.8 Å². The summed E-state index contributed by atoms with van der Waals surface area (Å²) in [6.07, 6.45) is 10.8. The van der Waals surface area contributed by atoms with Crippen molar-refractivity contribution in [2.45, 2.75) is 102 Å². The van der Waals surface area contributed by atoms with Gasteiger partial charge in [0.25, 0.3) is 0 Å². The Kier molecular flexibility index (Phi) is 7.30. The van der Waals surface area contributed by atoms with Crippen molar-refractivity contribution in [3.05, 3.63) is 24.8 Å². The van der Waals surface area contributed by atoms with Gasteiger partial charge in [-0.2, -0.15) is 0 Å². The highest BCUT2D eigenvalue weighted by molar-refractivity contribution is 6.74. The zero-order valence-corrected chi connectivity index (χ0v) is 18.3. The van der Waals surface area contributed by atoms with Crippen molar-refractivity contribution in [3.63, 3.8) is 0 Å². The van der Waals surface area contributed by atoms with Gasteiger partial charge < -0.3 is 19.0 Å². The van der Waals surface area contributed by atoms with E-state index < -0.39 is 20.2 Å². The standard InChI is InChI=1S/C21H38O4Si/c1-7-11-17(25-26(5,6)20(2,3)4)12-13-18(22)19-16-23-21(24-19)14-9-8-10-15-21/h7,12-13,17-19,22H,1,8-11,14-16H2,2-6H3/t17-,18+,19-/m1/s1. The summed E-state index contributed by atoms with van der Waals surface area (Å²) in [5, 5.41) is 10.7. The zero-order chi connectivity index (χ0) is 19.4. The average Bonchev–Trinajstić information content (AvgIpc) is 2.95. The van der Waals surface area contributed by atoms with E-state index in [0.29, 0.717) is 6.61 Å². The van der Waals surface area contributed by atoms with Gasteiger partial charge in [-0.15, -0.1) is 6.58 Å². The second-order valence-electron chi connectivity index (χ2n) is 9.26. The highest BCUT2D eigenvalue weighted by Crippen LogP contribution is 2.39. The molecule has 4 nitrogen and oxygen atoms in total. The summed E-state index contributed by atoms with van der Waals surface area (Å²) in [4.78, 5) is 0. The van der Waals surface area contributed by atoms with Crippen LogP contribution in [-0.4, -0.2) is 44.1 Å². The van der Waals surface area contributed by atoms with Crippen LogP contribution in [0.2, 0.25) is 18.1 Å². The fourth-order valence-corrected chi connectivity index (χ4v) is 4.63. The Hall–Kier alpha value is -0.463. The topological polar surface area (TPSA) is 47.9 Å². The Labute approximate surface area is 160 Å². The summed E-state index contributed by atoms with van der Waals surface area (Å²) in [6.45, 7) is 15.5. The molecule has 0 bridgehead atoms. The van der Waals surface area contributed by atoms with Crippen molar-refractivity contribution < 1.29 is 19.0 Å². The smallest absolute Gasteiger partial charge is 0.192 e. The Balaban J connectivity index is 1.95. The van der Waals surface area contributed by atoms with Crippen molar-refractivity contribution >= 4 is 8.32 Å². The molecule has 2 fully saturated rings. The summed E-state index contributed by atoms with van der Waals surface area (Å²) in [5.41, 5.74) is 0. The zero-order valence-electron chi connectivity index (χ0n) is 17.3. The number of hydrogen-bond donors (Lipinski definition) is 1. The molecule has 150 valence electrons. The first kappa shape index (κ1) is 21.8. The highest BCUT2D eigenvalue weighted by atomic mass is 28.4. The molecule has 5 heteroatoms. The highest BCUT2D eigenvalue weighted by Gasteiger charge is 2.44. The Bertz CT molecular complexity index is 489. The lowest BCUT2D eigenvalue weighted by atomic mass is 9.94. The third-order valence-electron chi connectivity index (χ3n) is 6.05. The molecule has 1 aliphatic heterocycles. The van der Waals surface area contributed by atoms with Crippen LogP contribution in [0.4, 0.5) is 0 Å². The van der Waals surface area contributed by atoms with Gasteiger partial charge in [0.15, 0.2) is 14.1 Å². The first-order valence-electron chi connectivity index (χ1n) is 10.1. The molecular formula is C21H38O4Si. The molecule has 2 aliphatic rings. The quantitative estimate of drug-likeness (QED) is 0.500. The summed E-state index contributed by atoms with van der Waals surface area (Å²) in [7, 11) is -1.88. The second kappa shape index (κ2) is 8.70. The van der Waals surface area contributed by atoms with E-state index in [-0.39, 0.29) is 17.2 Å². The van der Waals surface area contributed by atoms with Crippen LogP contribution in [-0.2, 0) is 13.9 Å². The van der Waals surface area contributed by atoms with Crippen LogP contribution < -0.4 is 0 Å². The third kappa shape index (κ3) is 5.52. The molecule has 1 aliphatic carbocycles. The van der Waals surface area contributed by atoms with E-state index in [0.717, 1.165) is 32.1 Å². The maximum Gasteiger partial charge on any atom is 0.192 e. The van der Waals surface area contributed by atoms with Gasteiger partial charge in [-0.05, 0) is 37.4 Å². The molecule has 1 spiro atoms. The van der Waals surface area contributed by atoms with Gasteiger partial charge >= 0.3 is 0 Å². The fraction of sp³-hybridized carbons (Fsp3) is 0.810. The third-order valence-corrected chi connectivity index (χ3v) is 10.6. The van der Waals surface area contributed by atoms with Gasteiger partial charge in [0, 0.05) is 12.8 Å². The number of aliphatic hydroxyl groups is 1. The van der Waals surface area contributed by atoms with E-state index in [1.807, 2.05) is 18.2 Å². The van der Waals surface area contributed by atoms with Crippen molar-refractivity contribution in [1.29, 1.82) is 0 Å². The summed E-state index contributed by atoms with van der Waals surface area (Å²) >= 11 is 0. The minimum absolute atomic E-state index is 0.0611. The second-order valence-corrected chi connectivity index (χ2v) is 14.0. The van der Waals surface area contributed by atoms with Crippen molar-refractivity contribution in [1.82, 2.24) is 0 Å². The van der Waals surface area contributed by atoms with E-state index >= 15 is 0 Å². The summed E-state index contributed by atoms with van der Waals surface area (Å²) in [6, 6.07) is 0. The molecule has 3 atom stereocenters. The largest absolute Gasteiger partial charge is 0.410 e. The molecular weight excluding hydrogens is 344 g/mol. The molecule has 0 unspecified atom stereocenters. The van der Waals surface area contributed by atoms with Crippen LogP contribution in [0.25, 0.3) is 0 Å². The number of aliphatic hydroxyl groups excluding tert-OH is 1. The molecule has 0 aromatic rings. The number of hydrogen-bond acceptors (Lipinski definition) is 4. The lowest BCUT2D eigenvalue weighted by Crippen LogP contribution is -2.43. The molecule has 0 aromatic heterocycles. The normalized spacial score (nSPS) is 26.3. The van der Waals surface area contributed by atoms with Gasteiger partial charge in [-0.1, -0.05) is 45.4 Å². The SMILES string of the molecule is C=CC[C@H](C=C[C@H](O)[C@H]1COC2(CCCCC2)O1)O[Si](C)(C)C(C)(C)C. The lowest BCUT2D eigenvalue weighted by Gasteiger charge is -2.38. The van der Waals surface area contributed by atoms with Crippen LogP contribution in [0.1, 0.15) is 59.3 Å². The first-order valence-corrected chi connectivity index (χ1v) is 13.0. The number of rotatable bonds is 7. The monoisotopic (exact) mass is 382 g/mol. The summed E-state index contributed by atoms with van der Waals surface area (Å²) in [5.74, 6) is -0.449. The van der Waals surface area contributed by atoms with Crippen molar-refractivity contribution in [2.75, 3.05) is 6.61 Å². The molecule has 1 saturated carbocycles. The van der Waals surface area contributed by atoms with Gasteiger partial charge in [-0.3, -0.25) is 0 Å². The molecule has 0 amide bonds. The molecule has 1 N–H and O–H groups in total. The van der Waals surface area contributed by atoms with Gasteiger partial charge in [0.1, 0.15) is 12.2 Å². The van der Waals surface area contributed by atoms with Gasteiger partial charge in [0.2, 0.25) is 0 Å². The molecule has 1 heterocycles. The molecule has 26 heavy (non-hydrogen) atoms. The fourth-order valence-electron chi connectivity index (χ4n) is 3.35. The van der Waals surface area contributed by atoms with Crippen LogP contribution in [0.5, 0.6) is 0 Å². The molecule has 1 saturated heterocycles. The molecule has 2 rings (SSSR count). The van der Waals surface area contributed by atoms with E-state index in [9.17, 15) is 5.11 Å². The minimum atomic E-state index is -1.88. The van der Waals surface area contributed by atoms with E-state index in [2.05, 4.69) is 40.4 Å². The maximum absolute atomic E-state index is 10.6. The van der Waals surface area contributed by atoms with E-state index in [1.54, 1.807) is 0 Å². The van der Waals surface area contributed by atoms with Crippen molar-refractivity contribution in [2.24, 2.45) is 0 Å². The first-order chi connectivity index (χ1) is 12.1. The van der Waals surface area contributed by atoms with Crippen molar-refractivity contribution in [3.8, 4) is 0 Å². The predicted molar refractivity (Wildman–Crippen MR) is 109 cm³/mol. The Morgan fingerprint density at radius 2 is 1.88 bits per heavy atom. The minimum Gasteiger partial charge on any atom is -0.410 e. The molecule has 0 aromatic carbocycles. The van der Waals surface area contributed by atoms with E-state index in [1.165, 1.54) is 6.42 Å². The van der Waals surface area contributed by atoms with Crippen LogP contribution in [0.3, 0.4) is 0 Å². The van der Waals surface area contributed by atoms with E-state index in [4.69, 9.17) is 13.9 Å². The number of ether oxygens (including phenoxy) is 2. The predicted octanol–water partition coefficient (Wildman–Crippen LogP) is 4.95. The summed E-state index contributed by atoms with van der Waals surface area (Å²) < 4.78 is 18.5. The maximum atomic E-state index is 10.6. The Morgan fingerprint density at radius 3 is 2.46 bits per heavy atom. The van der Waals surface area contributed by atoms with Gasteiger partial charge in [0.05, 0.1) is 12.7 Å².